The van der Waals surface area contributed by atoms with Gasteiger partial charge in [0.05, 0.1) is 11.6 Å². The Morgan fingerprint density at radius 1 is 0.810 bits per heavy atom. The fraction of sp³-hybridized carbons (Fsp3) is 0.240. The zero-order valence-corrected chi connectivity index (χ0v) is 20.8. The maximum absolute atomic E-state index is 11.8. The number of hydrogen-bond donors (Lipinski definition) is 8. The van der Waals surface area contributed by atoms with Crippen molar-refractivity contribution in [3.05, 3.63) is 36.4 Å². The van der Waals surface area contributed by atoms with Gasteiger partial charge in [-0.1, -0.05) is 0 Å². The maximum atomic E-state index is 11.8. The van der Waals surface area contributed by atoms with E-state index in [1.54, 1.807) is 0 Å². The Hall–Kier alpha value is -5.23. The zero-order chi connectivity index (χ0) is 30.9. The highest BCUT2D eigenvalue weighted by molar-refractivity contribution is 6.38. The van der Waals surface area contributed by atoms with Crippen LogP contribution in [0, 0.1) is 0 Å². The van der Waals surface area contributed by atoms with Gasteiger partial charge in [0.25, 0.3) is 0 Å². The van der Waals surface area contributed by atoms with Crippen LogP contribution in [-0.4, -0.2) is 102 Å². The van der Waals surface area contributed by atoms with Gasteiger partial charge in [0.2, 0.25) is 12.0 Å². The summed E-state index contributed by atoms with van der Waals surface area (Å²) >= 11 is 0. The molecule has 1 aliphatic rings. The molecule has 8 N–H and O–H groups in total. The number of phenolic OH excluding ortho intramolecular Hbond substituents is 4. The van der Waals surface area contributed by atoms with E-state index in [1.807, 2.05) is 0 Å². The van der Waals surface area contributed by atoms with Crippen LogP contribution in [0.4, 0.5) is 0 Å². The van der Waals surface area contributed by atoms with Crippen molar-refractivity contribution in [2.24, 2.45) is 0 Å². The molecular weight excluding hydrogens is 572 g/mol. The van der Waals surface area contributed by atoms with E-state index in [0.29, 0.717) is 0 Å². The van der Waals surface area contributed by atoms with Crippen molar-refractivity contribution in [2.75, 3.05) is 6.61 Å². The average Bonchev–Trinajstić information content (AvgIpc) is 2.93. The van der Waals surface area contributed by atoms with Crippen LogP contribution in [0.3, 0.4) is 0 Å². The Kier molecular flexibility index (Phi) is 8.29. The number of aromatic hydroxyl groups is 4. The van der Waals surface area contributed by atoms with Crippen molar-refractivity contribution < 1.29 is 83.4 Å². The number of fused-ring (bicyclic) bond motifs is 1. The Bertz CT molecular complexity index is 1570. The molecule has 0 radical (unpaired) electrons. The topological polar surface area (TPSA) is 278 Å². The molecule has 0 saturated carbocycles. The van der Waals surface area contributed by atoms with Gasteiger partial charge < -0.3 is 59.8 Å². The summed E-state index contributed by atoms with van der Waals surface area (Å²) in [6.45, 7) is -0.985. The molecule has 0 bridgehead atoms. The van der Waals surface area contributed by atoms with Crippen LogP contribution in [0.25, 0.3) is 22.3 Å². The number of carbonyl (C=O) groups excluding carboxylic acids is 3. The third-order valence-electron chi connectivity index (χ3n) is 5.87. The summed E-state index contributed by atoms with van der Waals surface area (Å²) < 4.78 is 25.2. The Labute approximate surface area is 232 Å². The number of ether oxygens (including phenoxy) is 4. The summed E-state index contributed by atoms with van der Waals surface area (Å²) in [5, 5.41) is 79.4. The number of carbonyl (C=O) groups is 4. The number of benzene rings is 2. The molecule has 222 valence electrons. The summed E-state index contributed by atoms with van der Waals surface area (Å²) in [5.41, 5.74) is 0.0110. The van der Waals surface area contributed by atoms with Crippen LogP contribution < -0.4 is 4.74 Å². The van der Waals surface area contributed by atoms with Crippen molar-refractivity contribution in [1.29, 1.82) is 0 Å². The summed E-state index contributed by atoms with van der Waals surface area (Å²) in [4.78, 5) is 44.7. The van der Waals surface area contributed by atoms with Gasteiger partial charge in [-0.05, 0) is 12.1 Å². The van der Waals surface area contributed by atoms with Crippen LogP contribution in [0.15, 0.2) is 40.8 Å². The standard InChI is InChI=1S/C25H20O17/c26-9-4-12(28)10-6-15(20(39-14(10)5-9)8-1-2-11(27)13(29)3-8)40-25-19(32)18(31)17(30)16(41-25)7-38-23(36)24(37)42-22(35)21(33)34/h1-6,16-19,25,30-32H,7H2,(H4-,26,27,28,29,33,34,36,37)/p+1. The number of phenols is 4. The lowest BCUT2D eigenvalue weighted by atomic mass is 9.99. The first-order chi connectivity index (χ1) is 19.8. The van der Waals surface area contributed by atoms with Crippen molar-refractivity contribution in [1.82, 2.24) is 0 Å². The third-order valence-corrected chi connectivity index (χ3v) is 5.87. The second-order valence-corrected chi connectivity index (χ2v) is 8.73. The van der Waals surface area contributed by atoms with E-state index in [-0.39, 0.29) is 33.8 Å². The Morgan fingerprint density at radius 2 is 1.52 bits per heavy atom. The van der Waals surface area contributed by atoms with Crippen LogP contribution in [0.2, 0.25) is 0 Å². The molecule has 1 aliphatic heterocycles. The molecule has 17 nitrogen and oxygen atoms in total. The lowest BCUT2D eigenvalue weighted by Crippen LogP contribution is -2.60. The van der Waals surface area contributed by atoms with E-state index in [2.05, 4.69) is 9.47 Å². The highest BCUT2D eigenvalue weighted by Crippen LogP contribution is 2.42. The second-order valence-electron chi connectivity index (χ2n) is 8.73. The minimum absolute atomic E-state index is 0.0136. The van der Waals surface area contributed by atoms with Crippen molar-refractivity contribution in [2.45, 2.75) is 30.7 Å². The number of esters is 3. The number of aliphatic hydroxyl groups is 3. The number of rotatable bonds is 5. The van der Waals surface area contributed by atoms with Gasteiger partial charge in [0, 0.05) is 18.2 Å². The molecule has 1 fully saturated rings. The number of aliphatic carboxylic acids is 1. The summed E-state index contributed by atoms with van der Waals surface area (Å²) in [5.74, 6) is -10.4. The second kappa shape index (κ2) is 11.7. The molecular formula is C25H21O17+. The van der Waals surface area contributed by atoms with Gasteiger partial charge in [0.1, 0.15) is 47.9 Å². The van der Waals surface area contributed by atoms with Gasteiger partial charge in [-0.15, -0.1) is 0 Å². The monoisotopic (exact) mass is 593 g/mol. The molecule has 4 rings (SSSR count). The van der Waals surface area contributed by atoms with Gasteiger partial charge in [0.15, 0.2) is 11.5 Å². The zero-order valence-electron chi connectivity index (χ0n) is 20.8. The minimum atomic E-state index is -2.16. The third kappa shape index (κ3) is 6.08. The van der Waals surface area contributed by atoms with E-state index in [9.17, 15) is 54.9 Å². The highest BCUT2D eigenvalue weighted by atomic mass is 16.7. The van der Waals surface area contributed by atoms with Gasteiger partial charge >= 0.3 is 35.2 Å². The normalized spacial score (nSPS) is 21.8. The van der Waals surface area contributed by atoms with Crippen LogP contribution in [0.5, 0.6) is 28.7 Å². The van der Waals surface area contributed by atoms with Crippen LogP contribution >= 0.6 is 0 Å². The minimum Gasteiger partial charge on any atom is -0.507 e. The van der Waals surface area contributed by atoms with E-state index in [4.69, 9.17) is 19.0 Å². The van der Waals surface area contributed by atoms with E-state index >= 15 is 0 Å². The summed E-state index contributed by atoms with van der Waals surface area (Å²) in [6.07, 6.45) is -9.41. The molecule has 0 amide bonds. The van der Waals surface area contributed by atoms with Crippen LogP contribution in [-0.2, 0) is 33.4 Å². The summed E-state index contributed by atoms with van der Waals surface area (Å²) in [7, 11) is 0. The van der Waals surface area contributed by atoms with Gasteiger partial charge in [-0.2, -0.15) is 0 Å². The number of carboxylic acid groups (broad SMARTS) is 1. The van der Waals surface area contributed by atoms with Crippen LogP contribution in [0.1, 0.15) is 0 Å². The Balaban J connectivity index is 1.62. The van der Waals surface area contributed by atoms with Crippen molar-refractivity contribution >= 4 is 34.8 Å². The van der Waals surface area contributed by atoms with E-state index < -0.39 is 78.4 Å². The highest BCUT2D eigenvalue weighted by Gasteiger charge is 2.46. The number of hydrogen-bond acceptors (Lipinski definition) is 15. The van der Waals surface area contributed by atoms with Crippen molar-refractivity contribution in [3.8, 4) is 40.1 Å². The molecule has 1 aromatic heterocycles. The maximum Gasteiger partial charge on any atom is 0.425 e. The molecule has 2 aromatic carbocycles. The van der Waals surface area contributed by atoms with E-state index in [0.717, 1.165) is 24.3 Å². The number of aliphatic hydroxyl groups excluding tert-OH is 3. The molecule has 0 spiro atoms. The summed E-state index contributed by atoms with van der Waals surface area (Å²) in [6, 6.07) is 6.79. The van der Waals surface area contributed by atoms with E-state index in [1.165, 1.54) is 12.1 Å². The van der Waals surface area contributed by atoms with Gasteiger partial charge in [-0.3, -0.25) is 0 Å². The van der Waals surface area contributed by atoms with Gasteiger partial charge in [-0.25, -0.2) is 23.6 Å². The smallest absolute Gasteiger partial charge is 0.425 e. The first-order valence-electron chi connectivity index (χ1n) is 11.6. The van der Waals surface area contributed by atoms with Crippen molar-refractivity contribution in [3.63, 3.8) is 0 Å². The quantitative estimate of drug-likeness (QED) is 0.0584. The lowest BCUT2D eigenvalue weighted by Gasteiger charge is -2.39. The molecule has 17 heteroatoms. The molecule has 5 unspecified atom stereocenters. The predicted molar refractivity (Wildman–Crippen MR) is 130 cm³/mol. The molecule has 0 aliphatic carbocycles. The predicted octanol–water partition coefficient (Wildman–Crippen LogP) is -0.913. The number of carboxylic acids is 1. The molecule has 5 atom stereocenters. The lowest BCUT2D eigenvalue weighted by molar-refractivity contribution is -0.278. The Morgan fingerprint density at radius 3 is 2.19 bits per heavy atom. The average molecular weight is 593 g/mol. The fourth-order valence-electron chi connectivity index (χ4n) is 3.80. The largest absolute Gasteiger partial charge is 0.507 e. The molecule has 2 heterocycles. The SMILES string of the molecule is O=C(O)C(=O)OC(=O)C(=O)OCC1OC(Oc2cc3c(O)cc(O)cc3[o+]c2-c2ccc(O)c(O)c2)C(O)C(O)C1O. The first-order valence-corrected chi connectivity index (χ1v) is 11.6. The fourth-order valence-corrected chi connectivity index (χ4v) is 3.80. The molecule has 42 heavy (non-hydrogen) atoms. The first kappa shape index (κ1) is 29.7. The molecule has 1 saturated heterocycles. The molecule has 3 aromatic rings.